The molecule has 3 rings (SSSR count). The second-order valence-corrected chi connectivity index (χ2v) is 8.16. The first-order chi connectivity index (χ1) is 11.8. The predicted molar refractivity (Wildman–Crippen MR) is 106 cm³/mol. The Morgan fingerprint density at radius 2 is 2.00 bits per heavy atom. The van der Waals surface area contributed by atoms with Crippen LogP contribution in [0.15, 0.2) is 28.9 Å². The quantitative estimate of drug-likeness (QED) is 0.613. The largest absolute Gasteiger partial charge is 0.386 e. The van der Waals surface area contributed by atoms with Crippen LogP contribution in [-0.2, 0) is 5.60 Å². The first-order valence-corrected chi connectivity index (χ1v) is 9.58. The Hall–Kier alpha value is -1.37. The van der Waals surface area contributed by atoms with E-state index in [0.717, 1.165) is 28.6 Å². The van der Waals surface area contributed by atoms with Gasteiger partial charge >= 0.3 is 0 Å². The molecule has 7 heteroatoms. The molecule has 1 aromatic heterocycles. The van der Waals surface area contributed by atoms with Crippen molar-refractivity contribution in [3.8, 4) is 0 Å². The molecule has 1 saturated carbocycles. The van der Waals surface area contributed by atoms with E-state index in [-0.39, 0.29) is 0 Å². The lowest BCUT2D eigenvalue weighted by Crippen LogP contribution is -2.17. The van der Waals surface area contributed by atoms with Crippen LogP contribution in [0, 0.1) is 0 Å². The third kappa shape index (κ3) is 4.63. The number of aliphatic hydroxyl groups is 1. The highest BCUT2D eigenvalue weighted by molar-refractivity contribution is 9.10. The zero-order chi connectivity index (χ0) is 18.0. The van der Waals surface area contributed by atoms with Gasteiger partial charge in [-0.15, -0.1) is 0 Å². The van der Waals surface area contributed by atoms with E-state index in [2.05, 4.69) is 36.5 Å². The fourth-order valence-electron chi connectivity index (χ4n) is 2.99. The van der Waals surface area contributed by atoms with Crippen molar-refractivity contribution >= 4 is 45.0 Å². The monoisotopic (exact) mass is 424 g/mol. The Morgan fingerprint density at radius 3 is 2.68 bits per heavy atom. The zero-order valence-electron chi connectivity index (χ0n) is 14.3. The van der Waals surface area contributed by atoms with Gasteiger partial charge in [0.15, 0.2) is 5.82 Å². The number of nitrogens with zero attached hydrogens (tertiary/aromatic N) is 2. The molecule has 0 bridgehead atoms. The van der Waals surface area contributed by atoms with E-state index < -0.39 is 5.60 Å². The molecule has 0 saturated heterocycles. The van der Waals surface area contributed by atoms with Crippen molar-refractivity contribution in [2.45, 2.75) is 51.2 Å². The van der Waals surface area contributed by atoms with Gasteiger partial charge in [-0.05, 0) is 50.5 Å². The van der Waals surface area contributed by atoms with Gasteiger partial charge in [-0.1, -0.05) is 40.4 Å². The van der Waals surface area contributed by atoms with E-state index in [1.165, 1.54) is 12.8 Å². The first kappa shape index (κ1) is 18.4. The number of hydrogen-bond acceptors (Lipinski definition) is 5. The topological polar surface area (TPSA) is 70.1 Å². The van der Waals surface area contributed by atoms with E-state index >= 15 is 0 Å². The van der Waals surface area contributed by atoms with E-state index in [9.17, 15) is 5.11 Å². The summed E-state index contributed by atoms with van der Waals surface area (Å²) in [5.74, 6) is 1.12. The lowest BCUT2D eigenvalue weighted by atomic mass is 9.98. The van der Waals surface area contributed by atoms with Gasteiger partial charge in [0.05, 0.1) is 11.8 Å². The van der Waals surface area contributed by atoms with Crippen LogP contribution in [0.5, 0.6) is 0 Å². The molecule has 2 aromatic rings. The van der Waals surface area contributed by atoms with Gasteiger partial charge in [-0.25, -0.2) is 4.98 Å². The molecule has 5 nitrogen and oxygen atoms in total. The number of hydrogen-bond donors (Lipinski definition) is 3. The molecule has 1 heterocycles. The highest BCUT2D eigenvalue weighted by Gasteiger charge is 2.20. The summed E-state index contributed by atoms with van der Waals surface area (Å²) in [5.41, 5.74) is 0.636. The molecular weight excluding hydrogens is 404 g/mol. The molecule has 1 fully saturated rings. The Bertz CT molecular complexity index is 757. The van der Waals surface area contributed by atoms with Gasteiger partial charge in [-0.2, -0.15) is 4.98 Å². The van der Waals surface area contributed by atoms with Gasteiger partial charge in [0.1, 0.15) is 5.02 Å². The number of halogens is 2. The molecule has 0 unspecified atom stereocenters. The average Bonchev–Trinajstić information content (AvgIpc) is 3.04. The summed E-state index contributed by atoms with van der Waals surface area (Å²) in [5, 5.41) is 17.4. The van der Waals surface area contributed by atoms with Gasteiger partial charge < -0.3 is 15.7 Å². The van der Waals surface area contributed by atoms with E-state index in [4.69, 9.17) is 11.6 Å². The van der Waals surface area contributed by atoms with Crippen LogP contribution in [0.25, 0.3) is 0 Å². The minimum atomic E-state index is -0.952. The van der Waals surface area contributed by atoms with Crippen LogP contribution in [0.4, 0.5) is 17.5 Å². The molecule has 3 N–H and O–H groups in total. The van der Waals surface area contributed by atoms with Crippen LogP contribution in [0.1, 0.15) is 45.1 Å². The maximum atomic E-state index is 10.3. The summed E-state index contributed by atoms with van der Waals surface area (Å²) >= 11 is 9.70. The Morgan fingerprint density at radius 1 is 1.28 bits per heavy atom. The van der Waals surface area contributed by atoms with Crippen LogP contribution in [0.3, 0.4) is 0 Å². The molecule has 1 aliphatic rings. The lowest BCUT2D eigenvalue weighted by Gasteiger charge is -2.20. The molecule has 0 radical (unpaired) electrons. The molecule has 0 atom stereocenters. The molecule has 0 amide bonds. The summed E-state index contributed by atoms with van der Waals surface area (Å²) in [6.45, 7) is 3.50. The standard InChI is InChI=1S/C18H22BrClN4O/c1-18(2,25)13-9-12(7-8-14(13)19)23-17-21-10-15(20)16(24-17)22-11-5-3-4-6-11/h7-11,25H,3-6H2,1-2H3,(H2,21,22,23,24). The fraction of sp³-hybridized carbons (Fsp3) is 0.444. The minimum Gasteiger partial charge on any atom is -0.386 e. The molecule has 134 valence electrons. The zero-order valence-corrected chi connectivity index (χ0v) is 16.7. The van der Waals surface area contributed by atoms with Gasteiger partial charge in [-0.3, -0.25) is 0 Å². The van der Waals surface area contributed by atoms with E-state index in [0.29, 0.717) is 22.8 Å². The molecule has 25 heavy (non-hydrogen) atoms. The molecular formula is C18H22BrClN4O. The average molecular weight is 426 g/mol. The number of nitrogens with one attached hydrogen (secondary N) is 2. The Labute approximate surface area is 161 Å². The fourth-order valence-corrected chi connectivity index (χ4v) is 3.87. The highest BCUT2D eigenvalue weighted by Crippen LogP contribution is 2.32. The number of rotatable bonds is 5. The summed E-state index contributed by atoms with van der Waals surface area (Å²) in [7, 11) is 0. The molecule has 0 aliphatic heterocycles. The number of anilines is 3. The summed E-state index contributed by atoms with van der Waals surface area (Å²) in [6.07, 6.45) is 6.37. The van der Waals surface area contributed by atoms with E-state index in [1.807, 2.05) is 18.2 Å². The smallest absolute Gasteiger partial charge is 0.229 e. The SMILES string of the molecule is CC(C)(O)c1cc(Nc2ncc(Cl)c(NC3CCCC3)n2)ccc1Br. The summed E-state index contributed by atoms with van der Waals surface area (Å²) in [4.78, 5) is 8.76. The summed E-state index contributed by atoms with van der Waals surface area (Å²) < 4.78 is 0.853. The minimum absolute atomic E-state index is 0.426. The van der Waals surface area contributed by atoms with E-state index in [1.54, 1.807) is 20.0 Å². The third-order valence-electron chi connectivity index (χ3n) is 4.32. The van der Waals surface area contributed by atoms with Gasteiger partial charge in [0, 0.05) is 16.2 Å². The summed E-state index contributed by atoms with van der Waals surface area (Å²) in [6, 6.07) is 6.10. The maximum absolute atomic E-state index is 10.3. The van der Waals surface area contributed by atoms with Crippen molar-refractivity contribution < 1.29 is 5.11 Å². The van der Waals surface area contributed by atoms with Crippen molar-refractivity contribution in [3.63, 3.8) is 0 Å². The van der Waals surface area contributed by atoms with Crippen molar-refractivity contribution in [2.75, 3.05) is 10.6 Å². The number of benzene rings is 1. The second kappa shape index (κ2) is 7.48. The van der Waals surface area contributed by atoms with Crippen LogP contribution < -0.4 is 10.6 Å². The molecule has 1 aromatic carbocycles. The highest BCUT2D eigenvalue weighted by atomic mass is 79.9. The maximum Gasteiger partial charge on any atom is 0.229 e. The number of aromatic nitrogens is 2. The van der Waals surface area contributed by atoms with Crippen LogP contribution >= 0.6 is 27.5 Å². The van der Waals surface area contributed by atoms with Crippen LogP contribution in [0.2, 0.25) is 5.02 Å². The lowest BCUT2D eigenvalue weighted by molar-refractivity contribution is 0.0779. The first-order valence-electron chi connectivity index (χ1n) is 8.41. The van der Waals surface area contributed by atoms with Crippen molar-refractivity contribution in [1.29, 1.82) is 0 Å². The van der Waals surface area contributed by atoms with Gasteiger partial charge in [0.25, 0.3) is 0 Å². The van der Waals surface area contributed by atoms with Crippen molar-refractivity contribution in [2.24, 2.45) is 0 Å². The van der Waals surface area contributed by atoms with Crippen LogP contribution in [-0.4, -0.2) is 21.1 Å². The van der Waals surface area contributed by atoms with Crippen molar-refractivity contribution in [1.82, 2.24) is 9.97 Å². The normalized spacial score (nSPS) is 15.4. The predicted octanol–water partition coefficient (Wildman–Crippen LogP) is 5.22. The van der Waals surface area contributed by atoms with Crippen molar-refractivity contribution in [3.05, 3.63) is 39.5 Å². The Kier molecular flexibility index (Phi) is 5.51. The second-order valence-electron chi connectivity index (χ2n) is 6.89. The molecule has 0 spiro atoms. The molecule has 1 aliphatic carbocycles. The van der Waals surface area contributed by atoms with Gasteiger partial charge in [0.2, 0.25) is 5.95 Å². The third-order valence-corrected chi connectivity index (χ3v) is 5.29. The Balaban J connectivity index is 1.81.